The van der Waals surface area contributed by atoms with E-state index in [9.17, 15) is 9.59 Å². The smallest absolute Gasteiger partial charge is 0.338 e. The Morgan fingerprint density at radius 2 is 1.66 bits per heavy atom. The highest BCUT2D eigenvalue weighted by Crippen LogP contribution is 2.40. The van der Waals surface area contributed by atoms with Gasteiger partial charge in [-0.3, -0.25) is 4.79 Å². The van der Waals surface area contributed by atoms with Gasteiger partial charge in [-0.1, -0.05) is 88.1 Å². The van der Waals surface area contributed by atoms with E-state index in [1.165, 1.54) is 19.8 Å². The molecule has 0 aliphatic heterocycles. The van der Waals surface area contributed by atoms with Gasteiger partial charge in [-0.05, 0) is 63.6 Å². The molecular formula is C34H32O4. The molecule has 192 valence electrons. The SMILES string of the molecule is COC(=O)c1cc(C#CC#CC2=CC(C(=O)OC)C3C=C(C(C)C)C=CC=C23)c2cccc(C(C)C)cc1-2. The standard InChI is InChI=1S/C34H32O4/c1-21(2)23-13-9-15-27-25(19-31(29(27)17-23)33(35)37-5)11-7-8-12-26-20-32(34(36)38-6)30-18-24(22(3)4)14-10-16-28(26)30/h9-10,13-22,29,31H,1-6H3. The molecular weight excluding hydrogens is 472 g/mol. The average molecular weight is 505 g/mol. The van der Waals surface area contributed by atoms with Crippen LogP contribution in [-0.4, -0.2) is 26.2 Å². The maximum absolute atomic E-state index is 12.6. The van der Waals surface area contributed by atoms with Crippen LogP contribution in [0.4, 0.5) is 0 Å². The lowest BCUT2D eigenvalue weighted by Crippen LogP contribution is -2.20. The molecule has 38 heavy (non-hydrogen) atoms. The highest BCUT2D eigenvalue weighted by atomic mass is 16.5. The third-order valence-electron chi connectivity index (χ3n) is 7.03. The first-order chi connectivity index (χ1) is 18.2. The van der Waals surface area contributed by atoms with Crippen molar-refractivity contribution in [2.24, 2.45) is 17.8 Å². The van der Waals surface area contributed by atoms with E-state index in [-0.39, 0.29) is 11.9 Å². The Morgan fingerprint density at radius 3 is 2.34 bits per heavy atom. The van der Waals surface area contributed by atoms with Crippen LogP contribution in [0.1, 0.15) is 55.1 Å². The minimum Gasteiger partial charge on any atom is -0.469 e. The Bertz CT molecular complexity index is 1490. The Morgan fingerprint density at radius 1 is 0.895 bits per heavy atom. The summed E-state index contributed by atoms with van der Waals surface area (Å²) in [6, 6.07) is 9.81. The summed E-state index contributed by atoms with van der Waals surface area (Å²) in [5, 5.41) is 0. The van der Waals surface area contributed by atoms with Crippen LogP contribution in [0.25, 0.3) is 11.1 Å². The number of methoxy groups -OCH3 is 2. The van der Waals surface area contributed by atoms with Gasteiger partial charge in [-0.25, -0.2) is 4.79 Å². The summed E-state index contributed by atoms with van der Waals surface area (Å²) in [5.74, 6) is 11.6. The van der Waals surface area contributed by atoms with E-state index in [0.717, 1.165) is 27.8 Å². The van der Waals surface area contributed by atoms with Gasteiger partial charge in [0, 0.05) is 17.1 Å². The number of hydrogen-bond acceptors (Lipinski definition) is 4. The van der Waals surface area contributed by atoms with Crippen molar-refractivity contribution in [1.29, 1.82) is 0 Å². The molecule has 4 heteroatoms. The van der Waals surface area contributed by atoms with E-state index in [0.29, 0.717) is 23.0 Å². The first kappa shape index (κ1) is 26.8. The second-order valence-corrected chi connectivity index (χ2v) is 10.1. The van der Waals surface area contributed by atoms with E-state index in [2.05, 4.69) is 69.6 Å². The molecule has 0 aromatic heterocycles. The molecule has 4 aliphatic rings. The predicted molar refractivity (Wildman–Crippen MR) is 150 cm³/mol. The van der Waals surface area contributed by atoms with Crippen LogP contribution in [0.5, 0.6) is 0 Å². The van der Waals surface area contributed by atoms with Crippen LogP contribution in [-0.2, 0) is 14.3 Å². The van der Waals surface area contributed by atoms with Crippen LogP contribution in [0.2, 0.25) is 0 Å². The first-order valence-electron chi connectivity index (χ1n) is 12.8. The van der Waals surface area contributed by atoms with Crippen LogP contribution in [0, 0.1) is 41.4 Å². The first-order valence-corrected chi connectivity index (χ1v) is 12.8. The van der Waals surface area contributed by atoms with Gasteiger partial charge in [0.1, 0.15) is 0 Å². The highest BCUT2D eigenvalue weighted by molar-refractivity contribution is 6.01. The van der Waals surface area contributed by atoms with E-state index in [1.807, 2.05) is 36.4 Å². The third kappa shape index (κ3) is 5.36. The van der Waals surface area contributed by atoms with Crippen molar-refractivity contribution >= 4 is 11.9 Å². The van der Waals surface area contributed by atoms with Crippen LogP contribution < -0.4 is 0 Å². The molecule has 4 nitrogen and oxygen atoms in total. The number of fused-ring (bicyclic) bond motifs is 2. The van der Waals surface area contributed by atoms with Gasteiger partial charge in [0.05, 0.1) is 25.7 Å². The van der Waals surface area contributed by atoms with Crippen molar-refractivity contribution in [3.05, 3.63) is 94.1 Å². The average Bonchev–Trinajstić information content (AvgIpc) is 3.19. The second-order valence-electron chi connectivity index (χ2n) is 10.1. The van der Waals surface area contributed by atoms with E-state index < -0.39 is 11.9 Å². The Kier molecular flexibility index (Phi) is 8.04. The molecule has 0 saturated heterocycles. The molecule has 0 spiro atoms. The summed E-state index contributed by atoms with van der Waals surface area (Å²) in [6.07, 6.45) is 10.1. The number of esters is 2. The van der Waals surface area contributed by atoms with Gasteiger partial charge >= 0.3 is 11.9 Å². The van der Waals surface area contributed by atoms with Gasteiger partial charge in [-0.15, -0.1) is 0 Å². The summed E-state index contributed by atoms with van der Waals surface area (Å²) in [6.45, 7) is 8.50. The monoisotopic (exact) mass is 504 g/mol. The number of carbonyl (C=O) groups excluding carboxylic acids is 2. The van der Waals surface area contributed by atoms with Gasteiger partial charge in [-0.2, -0.15) is 0 Å². The number of allylic oxidation sites excluding steroid dienone is 7. The van der Waals surface area contributed by atoms with E-state index >= 15 is 0 Å². The fraction of sp³-hybridized carbons (Fsp3) is 0.294. The van der Waals surface area contributed by atoms with Crippen LogP contribution in [0.15, 0.2) is 77.4 Å². The molecule has 0 aromatic rings. The van der Waals surface area contributed by atoms with Crippen molar-refractivity contribution in [3.63, 3.8) is 0 Å². The largest absolute Gasteiger partial charge is 0.469 e. The molecule has 4 aliphatic carbocycles. The van der Waals surface area contributed by atoms with Gasteiger partial charge < -0.3 is 9.47 Å². The zero-order valence-electron chi connectivity index (χ0n) is 22.7. The zero-order valence-corrected chi connectivity index (χ0v) is 22.7. The molecule has 0 saturated carbocycles. The number of rotatable bonds is 4. The summed E-state index contributed by atoms with van der Waals surface area (Å²) >= 11 is 0. The van der Waals surface area contributed by atoms with Crippen molar-refractivity contribution in [1.82, 2.24) is 0 Å². The molecule has 0 aromatic carbocycles. The lowest BCUT2D eigenvalue weighted by Gasteiger charge is -2.17. The summed E-state index contributed by atoms with van der Waals surface area (Å²) in [5.41, 5.74) is 6.96. The number of hydrogen-bond donors (Lipinski definition) is 0. The molecule has 0 radical (unpaired) electrons. The number of carbonyl (C=O) groups is 2. The lowest BCUT2D eigenvalue weighted by atomic mass is 9.88. The molecule has 2 unspecified atom stereocenters. The fourth-order valence-electron chi connectivity index (χ4n) is 4.86. The maximum Gasteiger partial charge on any atom is 0.338 e. The van der Waals surface area contributed by atoms with E-state index in [4.69, 9.17) is 9.47 Å². The Balaban J connectivity index is 1.70. The maximum atomic E-state index is 12.6. The summed E-state index contributed by atoms with van der Waals surface area (Å²) < 4.78 is 10.1. The zero-order chi connectivity index (χ0) is 27.4. The normalized spacial score (nSPS) is 17.8. The van der Waals surface area contributed by atoms with Crippen molar-refractivity contribution in [3.8, 4) is 34.8 Å². The van der Waals surface area contributed by atoms with Gasteiger partial charge in [0.2, 0.25) is 0 Å². The third-order valence-corrected chi connectivity index (χ3v) is 7.03. The summed E-state index contributed by atoms with van der Waals surface area (Å²) in [7, 11) is 2.79. The molecule has 4 rings (SSSR count). The molecule has 0 amide bonds. The molecule has 0 heterocycles. The minimum absolute atomic E-state index is 0.121. The quantitative estimate of drug-likeness (QED) is 0.353. The molecule has 0 bridgehead atoms. The van der Waals surface area contributed by atoms with Crippen LogP contribution in [0.3, 0.4) is 0 Å². The van der Waals surface area contributed by atoms with Crippen molar-refractivity contribution < 1.29 is 19.1 Å². The molecule has 2 atom stereocenters. The van der Waals surface area contributed by atoms with Crippen LogP contribution >= 0.6 is 0 Å². The van der Waals surface area contributed by atoms with Crippen molar-refractivity contribution in [2.75, 3.05) is 14.2 Å². The van der Waals surface area contributed by atoms with Gasteiger partial charge in [0.15, 0.2) is 0 Å². The predicted octanol–water partition coefficient (Wildman–Crippen LogP) is 6.48. The fourth-order valence-corrected chi connectivity index (χ4v) is 4.86. The minimum atomic E-state index is -0.422. The summed E-state index contributed by atoms with van der Waals surface area (Å²) in [4.78, 5) is 25.1. The Hall–Kier alpha value is -4.28. The van der Waals surface area contributed by atoms with Gasteiger partial charge in [0.25, 0.3) is 0 Å². The topological polar surface area (TPSA) is 52.6 Å². The van der Waals surface area contributed by atoms with E-state index in [1.54, 1.807) is 6.07 Å². The highest BCUT2D eigenvalue weighted by Gasteiger charge is 2.36. The van der Waals surface area contributed by atoms with Crippen molar-refractivity contribution in [2.45, 2.75) is 33.6 Å². The Labute approximate surface area is 225 Å². The molecule has 0 fully saturated rings. The number of ether oxygens (including phenoxy) is 2. The second kappa shape index (κ2) is 11.4. The lowest BCUT2D eigenvalue weighted by molar-refractivity contribution is -0.144. The molecule has 0 N–H and O–H groups in total.